The number of hydrogen-bond acceptors (Lipinski definition) is 3. The van der Waals surface area contributed by atoms with E-state index in [0.717, 1.165) is 18.4 Å². The lowest BCUT2D eigenvalue weighted by Crippen LogP contribution is -2.45. The second-order valence-corrected chi connectivity index (χ2v) is 8.25. The number of anilines is 1. The number of rotatable bonds is 3. The predicted octanol–water partition coefficient (Wildman–Crippen LogP) is 3.52. The monoisotopic (exact) mass is 346 g/mol. The number of phenols is 1. The van der Waals surface area contributed by atoms with Gasteiger partial charge >= 0.3 is 0 Å². The van der Waals surface area contributed by atoms with Gasteiger partial charge in [0.25, 0.3) is 0 Å². The van der Waals surface area contributed by atoms with Gasteiger partial charge in [-0.3, -0.25) is 9.59 Å². The average Bonchev–Trinajstić information content (AvgIpc) is 2.55. The van der Waals surface area contributed by atoms with Crippen molar-refractivity contribution in [2.75, 3.05) is 18.4 Å². The minimum atomic E-state index is -0.242. The largest absolute Gasteiger partial charge is 0.506 e. The van der Waals surface area contributed by atoms with E-state index in [4.69, 9.17) is 0 Å². The summed E-state index contributed by atoms with van der Waals surface area (Å²) < 4.78 is 0. The number of carbonyl (C=O) groups excluding carboxylic acids is 2. The van der Waals surface area contributed by atoms with Crippen LogP contribution in [-0.4, -0.2) is 34.9 Å². The Labute approximate surface area is 150 Å². The van der Waals surface area contributed by atoms with Crippen molar-refractivity contribution in [1.29, 1.82) is 0 Å². The van der Waals surface area contributed by atoms with Crippen molar-refractivity contribution in [3.05, 3.63) is 23.8 Å². The molecule has 25 heavy (non-hydrogen) atoms. The Morgan fingerprint density at radius 3 is 2.56 bits per heavy atom. The maximum Gasteiger partial charge on any atom is 0.229 e. The third-order valence-corrected chi connectivity index (χ3v) is 4.72. The zero-order chi connectivity index (χ0) is 18.8. The predicted molar refractivity (Wildman–Crippen MR) is 99.6 cm³/mol. The van der Waals surface area contributed by atoms with E-state index < -0.39 is 0 Å². The Kier molecular flexibility index (Phi) is 5.76. The molecule has 0 spiro atoms. The molecule has 1 heterocycles. The van der Waals surface area contributed by atoms with E-state index in [-0.39, 0.29) is 34.8 Å². The second-order valence-electron chi connectivity index (χ2n) is 8.25. The molecule has 1 aliphatic heterocycles. The highest BCUT2D eigenvalue weighted by Crippen LogP contribution is 2.31. The molecule has 0 aliphatic carbocycles. The lowest BCUT2D eigenvalue weighted by atomic mass is 9.86. The first-order valence-corrected chi connectivity index (χ1v) is 9.02. The molecule has 2 rings (SSSR count). The quantitative estimate of drug-likeness (QED) is 0.823. The lowest BCUT2D eigenvalue weighted by molar-refractivity contribution is -0.137. The first-order chi connectivity index (χ1) is 11.6. The fourth-order valence-corrected chi connectivity index (χ4v) is 3.09. The van der Waals surface area contributed by atoms with Crippen LogP contribution in [0.5, 0.6) is 5.75 Å². The van der Waals surface area contributed by atoms with Gasteiger partial charge in [0.2, 0.25) is 11.8 Å². The number of carbonyl (C=O) groups is 2. The number of phenolic OH excluding ortho intramolecular Hbond substituents is 1. The molecule has 1 fully saturated rings. The van der Waals surface area contributed by atoms with Crippen LogP contribution in [0.4, 0.5) is 5.69 Å². The van der Waals surface area contributed by atoms with Crippen molar-refractivity contribution in [3.63, 3.8) is 0 Å². The summed E-state index contributed by atoms with van der Waals surface area (Å²) in [5.41, 5.74) is 1.41. The van der Waals surface area contributed by atoms with Crippen LogP contribution in [0.2, 0.25) is 0 Å². The second kappa shape index (κ2) is 7.46. The average molecular weight is 346 g/mol. The van der Waals surface area contributed by atoms with Crippen molar-refractivity contribution in [2.24, 2.45) is 11.8 Å². The van der Waals surface area contributed by atoms with Gasteiger partial charge in [-0.05, 0) is 36.0 Å². The number of nitrogens with zero attached hydrogens (tertiary/aromatic N) is 1. The van der Waals surface area contributed by atoms with Crippen LogP contribution in [0.1, 0.15) is 53.0 Å². The van der Waals surface area contributed by atoms with Crippen molar-refractivity contribution in [2.45, 2.75) is 52.9 Å². The Bertz CT molecular complexity index is 647. The minimum absolute atomic E-state index is 0.0608. The number of hydrogen-bond donors (Lipinski definition) is 2. The van der Waals surface area contributed by atoms with Gasteiger partial charge in [0.15, 0.2) is 0 Å². The molecule has 1 aromatic carbocycles. The van der Waals surface area contributed by atoms with Crippen LogP contribution in [0.25, 0.3) is 0 Å². The highest BCUT2D eigenvalue weighted by Gasteiger charge is 2.29. The summed E-state index contributed by atoms with van der Waals surface area (Å²) in [7, 11) is 0. The molecule has 138 valence electrons. The smallest absolute Gasteiger partial charge is 0.229 e. The summed E-state index contributed by atoms with van der Waals surface area (Å²) in [5.74, 6) is -0.284. The summed E-state index contributed by atoms with van der Waals surface area (Å²) >= 11 is 0. The molecule has 1 unspecified atom stereocenters. The van der Waals surface area contributed by atoms with Crippen LogP contribution >= 0.6 is 0 Å². The van der Waals surface area contributed by atoms with Gasteiger partial charge in [-0.25, -0.2) is 0 Å². The minimum Gasteiger partial charge on any atom is -0.506 e. The third kappa shape index (κ3) is 4.74. The number of benzene rings is 1. The van der Waals surface area contributed by atoms with E-state index in [2.05, 4.69) is 26.1 Å². The molecule has 0 aromatic heterocycles. The van der Waals surface area contributed by atoms with Gasteiger partial charge in [-0.2, -0.15) is 0 Å². The number of nitrogens with one attached hydrogen (secondary N) is 1. The Hall–Kier alpha value is -2.04. The van der Waals surface area contributed by atoms with E-state index >= 15 is 0 Å². The maximum absolute atomic E-state index is 12.7. The molecular formula is C20H30N2O3. The number of aromatic hydroxyl groups is 1. The van der Waals surface area contributed by atoms with Gasteiger partial charge in [-0.15, -0.1) is 0 Å². The van der Waals surface area contributed by atoms with Crippen LogP contribution in [-0.2, 0) is 15.0 Å². The summed E-state index contributed by atoms with van der Waals surface area (Å²) in [6.45, 7) is 11.2. The van der Waals surface area contributed by atoms with Crippen molar-refractivity contribution >= 4 is 17.5 Å². The number of likely N-dealkylation sites (tertiary alicyclic amines) is 1. The highest BCUT2D eigenvalue weighted by molar-refractivity contribution is 5.94. The van der Waals surface area contributed by atoms with Crippen molar-refractivity contribution in [3.8, 4) is 5.75 Å². The van der Waals surface area contributed by atoms with E-state index in [9.17, 15) is 14.7 Å². The van der Waals surface area contributed by atoms with Gasteiger partial charge in [0.05, 0.1) is 11.6 Å². The molecular weight excluding hydrogens is 316 g/mol. The standard InChI is InChI=1S/C20H30N2O3/c1-13(2)19(25)22-10-6-7-14(12-22)18(24)21-16-11-15(20(3,4)5)8-9-17(16)23/h8-9,11,13-14,23H,6-7,10,12H2,1-5H3,(H,21,24). The molecule has 1 aliphatic rings. The molecule has 1 saturated heterocycles. The van der Waals surface area contributed by atoms with Crippen LogP contribution in [0.15, 0.2) is 18.2 Å². The van der Waals surface area contributed by atoms with Crippen molar-refractivity contribution in [1.82, 2.24) is 4.90 Å². The van der Waals surface area contributed by atoms with Gasteiger partial charge < -0.3 is 15.3 Å². The fourth-order valence-electron chi connectivity index (χ4n) is 3.09. The first kappa shape index (κ1) is 19.3. The van der Waals surface area contributed by atoms with Gasteiger partial charge in [0, 0.05) is 19.0 Å². The Morgan fingerprint density at radius 2 is 1.96 bits per heavy atom. The zero-order valence-corrected chi connectivity index (χ0v) is 15.9. The topological polar surface area (TPSA) is 69.6 Å². The van der Waals surface area contributed by atoms with E-state index in [0.29, 0.717) is 18.8 Å². The van der Waals surface area contributed by atoms with Crippen LogP contribution in [0.3, 0.4) is 0 Å². The fraction of sp³-hybridized carbons (Fsp3) is 0.600. The molecule has 2 N–H and O–H groups in total. The molecule has 5 heteroatoms. The van der Waals surface area contributed by atoms with Crippen LogP contribution < -0.4 is 5.32 Å². The normalized spacial score (nSPS) is 18.3. The summed E-state index contributed by atoms with van der Waals surface area (Å²) in [6.07, 6.45) is 1.58. The maximum atomic E-state index is 12.7. The molecule has 0 saturated carbocycles. The van der Waals surface area contributed by atoms with E-state index in [1.807, 2.05) is 26.0 Å². The van der Waals surface area contributed by atoms with Crippen LogP contribution in [0, 0.1) is 11.8 Å². The Morgan fingerprint density at radius 1 is 1.28 bits per heavy atom. The molecule has 1 atom stereocenters. The lowest BCUT2D eigenvalue weighted by Gasteiger charge is -2.33. The Balaban J connectivity index is 2.10. The van der Waals surface area contributed by atoms with Gasteiger partial charge in [0.1, 0.15) is 5.75 Å². The molecule has 2 amide bonds. The first-order valence-electron chi connectivity index (χ1n) is 9.02. The molecule has 5 nitrogen and oxygen atoms in total. The number of amides is 2. The summed E-state index contributed by atoms with van der Waals surface area (Å²) in [5, 5.41) is 12.9. The zero-order valence-electron chi connectivity index (χ0n) is 15.9. The summed E-state index contributed by atoms with van der Waals surface area (Å²) in [4.78, 5) is 26.6. The molecule has 0 radical (unpaired) electrons. The molecule has 1 aromatic rings. The van der Waals surface area contributed by atoms with Crippen molar-refractivity contribution < 1.29 is 14.7 Å². The SMILES string of the molecule is CC(C)C(=O)N1CCCC(C(=O)Nc2cc(C(C)(C)C)ccc2O)C1. The third-order valence-electron chi connectivity index (χ3n) is 4.72. The molecule has 0 bridgehead atoms. The van der Waals surface area contributed by atoms with E-state index in [1.54, 1.807) is 11.0 Å². The summed E-state index contributed by atoms with van der Waals surface area (Å²) in [6, 6.07) is 5.31. The van der Waals surface area contributed by atoms with Gasteiger partial charge in [-0.1, -0.05) is 40.7 Å². The highest BCUT2D eigenvalue weighted by atomic mass is 16.3. The van der Waals surface area contributed by atoms with E-state index in [1.165, 1.54) is 0 Å². The number of piperidine rings is 1.